The molecule has 6 nitrogen and oxygen atoms in total. The zero-order valence-corrected chi connectivity index (χ0v) is 7.72. The molecule has 1 rings (SSSR count). The van der Waals surface area contributed by atoms with Crippen molar-refractivity contribution in [3.8, 4) is 0 Å². The van der Waals surface area contributed by atoms with Crippen LogP contribution in [0.2, 0.25) is 0 Å². The zero-order chi connectivity index (χ0) is 10.4. The number of anilines is 1. The van der Waals surface area contributed by atoms with Gasteiger partial charge in [0.05, 0.1) is 25.5 Å². The fourth-order valence-corrected chi connectivity index (χ4v) is 0.986. The van der Waals surface area contributed by atoms with Crippen LogP contribution in [0.4, 0.5) is 5.82 Å². The molecule has 0 aliphatic carbocycles. The highest BCUT2D eigenvalue weighted by atomic mass is 16.3. The number of hydrogen-bond donors (Lipinski definition) is 4. The molecule has 5 N–H and O–H groups in total. The Morgan fingerprint density at radius 3 is 2.71 bits per heavy atom. The Morgan fingerprint density at radius 2 is 2.14 bits per heavy atom. The molecule has 6 heteroatoms. The predicted octanol–water partition coefficient (Wildman–Crippen LogP) is -1.30. The lowest BCUT2D eigenvalue weighted by atomic mass is 10.2. The van der Waals surface area contributed by atoms with Crippen LogP contribution < -0.4 is 11.1 Å². The van der Waals surface area contributed by atoms with Crippen LogP contribution >= 0.6 is 0 Å². The lowest BCUT2D eigenvalue weighted by Crippen LogP contribution is -2.29. The van der Waals surface area contributed by atoms with Gasteiger partial charge < -0.3 is 21.3 Å². The second-order valence-electron chi connectivity index (χ2n) is 2.82. The molecule has 0 bridgehead atoms. The van der Waals surface area contributed by atoms with Crippen LogP contribution in [-0.2, 0) is 6.54 Å². The first kappa shape index (κ1) is 10.8. The van der Waals surface area contributed by atoms with E-state index in [1.807, 2.05) is 0 Å². The maximum absolute atomic E-state index is 8.85. The highest BCUT2D eigenvalue weighted by Gasteiger charge is 2.08. The van der Waals surface area contributed by atoms with Gasteiger partial charge in [-0.3, -0.25) is 0 Å². The minimum Gasteiger partial charge on any atom is -0.394 e. The summed E-state index contributed by atoms with van der Waals surface area (Å²) in [4.78, 5) is 0. The van der Waals surface area contributed by atoms with Crippen LogP contribution in [0.5, 0.6) is 0 Å². The van der Waals surface area contributed by atoms with Gasteiger partial charge in [0.15, 0.2) is 5.82 Å². The van der Waals surface area contributed by atoms with Gasteiger partial charge in [0, 0.05) is 12.1 Å². The lowest BCUT2D eigenvalue weighted by Gasteiger charge is -2.15. The first-order valence-electron chi connectivity index (χ1n) is 4.30. The van der Waals surface area contributed by atoms with Gasteiger partial charge in [0.1, 0.15) is 0 Å². The Morgan fingerprint density at radius 1 is 1.43 bits per heavy atom. The Hall–Kier alpha value is -1.24. The summed E-state index contributed by atoms with van der Waals surface area (Å²) in [7, 11) is 0. The number of nitrogens with two attached hydrogens (primary N) is 1. The van der Waals surface area contributed by atoms with Crippen molar-refractivity contribution >= 4 is 5.82 Å². The number of hydrogen-bond acceptors (Lipinski definition) is 6. The van der Waals surface area contributed by atoms with Crippen molar-refractivity contribution in [3.63, 3.8) is 0 Å². The minimum atomic E-state index is -0.433. The van der Waals surface area contributed by atoms with Crippen molar-refractivity contribution in [3.05, 3.63) is 17.8 Å². The molecule has 0 aliphatic heterocycles. The Labute approximate surface area is 81.8 Å². The van der Waals surface area contributed by atoms with Crippen LogP contribution in [0.15, 0.2) is 12.3 Å². The molecule has 0 aromatic carbocycles. The van der Waals surface area contributed by atoms with Crippen LogP contribution in [0.25, 0.3) is 0 Å². The van der Waals surface area contributed by atoms with Crippen molar-refractivity contribution in [2.45, 2.75) is 12.6 Å². The highest BCUT2D eigenvalue weighted by Crippen LogP contribution is 2.09. The Balaban J connectivity index is 2.74. The number of aliphatic hydroxyl groups is 2. The third kappa shape index (κ3) is 2.63. The average molecular weight is 198 g/mol. The summed E-state index contributed by atoms with van der Waals surface area (Å²) in [6.07, 6.45) is 1.54. The molecule has 14 heavy (non-hydrogen) atoms. The maximum atomic E-state index is 8.85. The molecule has 0 radical (unpaired) electrons. The second kappa shape index (κ2) is 5.48. The molecular formula is C8H14N4O2. The number of aromatic nitrogens is 2. The van der Waals surface area contributed by atoms with Crippen molar-refractivity contribution in [2.24, 2.45) is 5.73 Å². The third-order valence-electron chi connectivity index (χ3n) is 1.81. The van der Waals surface area contributed by atoms with Gasteiger partial charge in [-0.25, -0.2) is 0 Å². The van der Waals surface area contributed by atoms with E-state index < -0.39 is 6.04 Å². The van der Waals surface area contributed by atoms with Gasteiger partial charge in [0.2, 0.25) is 0 Å². The van der Waals surface area contributed by atoms with Crippen molar-refractivity contribution in [1.82, 2.24) is 10.2 Å². The minimum absolute atomic E-state index is 0.170. The molecule has 0 atom stereocenters. The fourth-order valence-electron chi connectivity index (χ4n) is 0.986. The molecule has 0 saturated heterocycles. The van der Waals surface area contributed by atoms with E-state index in [1.165, 1.54) is 0 Å². The summed E-state index contributed by atoms with van der Waals surface area (Å²) in [6, 6.07) is 1.30. The van der Waals surface area contributed by atoms with Crippen LogP contribution in [0.3, 0.4) is 0 Å². The first-order chi connectivity index (χ1) is 6.81. The normalized spacial score (nSPS) is 10.6. The number of nitrogens with zero attached hydrogens (tertiary/aromatic N) is 2. The molecule has 0 amide bonds. The van der Waals surface area contributed by atoms with E-state index in [4.69, 9.17) is 15.9 Å². The summed E-state index contributed by atoms with van der Waals surface area (Å²) in [5.74, 6) is 0.503. The van der Waals surface area contributed by atoms with Gasteiger partial charge in [-0.05, 0) is 6.07 Å². The molecule has 1 heterocycles. The van der Waals surface area contributed by atoms with Crippen LogP contribution in [0.1, 0.15) is 5.56 Å². The fraction of sp³-hybridized carbons (Fsp3) is 0.500. The average Bonchev–Trinajstić information content (AvgIpc) is 2.26. The maximum Gasteiger partial charge on any atom is 0.153 e. The van der Waals surface area contributed by atoms with E-state index in [-0.39, 0.29) is 13.2 Å². The molecular weight excluding hydrogens is 184 g/mol. The van der Waals surface area contributed by atoms with Gasteiger partial charge in [-0.2, -0.15) is 5.10 Å². The van der Waals surface area contributed by atoms with Crippen molar-refractivity contribution in [1.29, 1.82) is 0 Å². The first-order valence-corrected chi connectivity index (χ1v) is 4.30. The van der Waals surface area contributed by atoms with E-state index in [0.29, 0.717) is 12.4 Å². The van der Waals surface area contributed by atoms with Gasteiger partial charge in [0.25, 0.3) is 0 Å². The largest absolute Gasteiger partial charge is 0.394 e. The quantitative estimate of drug-likeness (QED) is 0.469. The van der Waals surface area contributed by atoms with Crippen LogP contribution in [-0.4, -0.2) is 39.7 Å². The second-order valence-corrected chi connectivity index (χ2v) is 2.82. The molecule has 1 aromatic rings. The molecule has 1 aromatic heterocycles. The molecule has 0 aliphatic rings. The van der Waals surface area contributed by atoms with E-state index in [2.05, 4.69) is 15.5 Å². The summed E-state index contributed by atoms with van der Waals surface area (Å²) < 4.78 is 0. The number of aliphatic hydroxyl groups excluding tert-OH is 2. The Kier molecular flexibility index (Phi) is 4.24. The zero-order valence-electron chi connectivity index (χ0n) is 7.72. The van der Waals surface area contributed by atoms with Gasteiger partial charge in [-0.1, -0.05) is 0 Å². The molecule has 0 unspecified atom stereocenters. The molecule has 0 fully saturated rings. The number of rotatable bonds is 5. The summed E-state index contributed by atoms with van der Waals surface area (Å²) >= 11 is 0. The summed E-state index contributed by atoms with van der Waals surface area (Å²) in [5, 5.41) is 28.0. The van der Waals surface area contributed by atoms with E-state index in [9.17, 15) is 0 Å². The topological polar surface area (TPSA) is 104 Å². The van der Waals surface area contributed by atoms with E-state index >= 15 is 0 Å². The van der Waals surface area contributed by atoms with Crippen LogP contribution in [0, 0.1) is 0 Å². The summed E-state index contributed by atoms with van der Waals surface area (Å²) in [5.41, 5.74) is 6.27. The van der Waals surface area contributed by atoms with Crippen molar-refractivity contribution < 1.29 is 10.2 Å². The SMILES string of the molecule is NCc1ccnnc1NC(CO)CO. The van der Waals surface area contributed by atoms with E-state index in [0.717, 1.165) is 5.56 Å². The van der Waals surface area contributed by atoms with E-state index in [1.54, 1.807) is 12.3 Å². The monoisotopic (exact) mass is 198 g/mol. The summed E-state index contributed by atoms with van der Waals surface area (Å²) in [6.45, 7) is -0.00436. The molecule has 78 valence electrons. The smallest absolute Gasteiger partial charge is 0.153 e. The predicted molar refractivity (Wildman–Crippen MR) is 51.5 cm³/mol. The lowest BCUT2D eigenvalue weighted by molar-refractivity contribution is 0.203. The standard InChI is InChI=1S/C8H14N4O2/c9-3-6-1-2-10-12-8(6)11-7(4-13)5-14/h1-2,7,13-14H,3-5,9H2,(H,11,12). The van der Waals surface area contributed by atoms with Gasteiger partial charge >= 0.3 is 0 Å². The van der Waals surface area contributed by atoms with Crippen molar-refractivity contribution in [2.75, 3.05) is 18.5 Å². The Bertz CT molecular complexity index is 278. The highest BCUT2D eigenvalue weighted by molar-refractivity contribution is 5.43. The third-order valence-corrected chi connectivity index (χ3v) is 1.81. The number of nitrogens with one attached hydrogen (secondary N) is 1. The molecule has 0 saturated carbocycles. The molecule has 0 spiro atoms. The van der Waals surface area contributed by atoms with Gasteiger partial charge in [-0.15, -0.1) is 5.10 Å².